The van der Waals surface area contributed by atoms with E-state index in [1.807, 2.05) is 0 Å². The third-order valence-corrected chi connectivity index (χ3v) is 4.80. The maximum Gasteiger partial charge on any atom is 0.229 e. The summed E-state index contributed by atoms with van der Waals surface area (Å²) in [5, 5.41) is 4.18. The van der Waals surface area contributed by atoms with Crippen molar-refractivity contribution in [1.82, 2.24) is 10.3 Å². The van der Waals surface area contributed by atoms with Gasteiger partial charge in [0.2, 0.25) is 5.91 Å². The van der Waals surface area contributed by atoms with E-state index >= 15 is 0 Å². The van der Waals surface area contributed by atoms with Gasteiger partial charge < -0.3 is 5.32 Å². The number of nitrogens with zero attached hydrogens (tertiary/aromatic N) is 2. The van der Waals surface area contributed by atoms with Crippen LogP contribution in [-0.4, -0.2) is 29.9 Å². The van der Waals surface area contributed by atoms with Crippen molar-refractivity contribution in [2.24, 2.45) is 5.92 Å². The number of rotatable bonds is 2. The van der Waals surface area contributed by atoms with Crippen LogP contribution < -0.4 is 10.2 Å². The standard InChI is InChI=1S/C11H14ClN3OS/c12-4-7-3-10(16)15(6-7)11-14-8-1-2-13-5-9(8)17-11/h7,13H,1-6H2. The summed E-state index contributed by atoms with van der Waals surface area (Å²) >= 11 is 7.46. The summed E-state index contributed by atoms with van der Waals surface area (Å²) in [7, 11) is 0. The smallest absolute Gasteiger partial charge is 0.229 e. The highest BCUT2D eigenvalue weighted by molar-refractivity contribution is 7.16. The molecule has 0 bridgehead atoms. The molecule has 1 saturated heterocycles. The highest BCUT2D eigenvalue weighted by Gasteiger charge is 2.32. The van der Waals surface area contributed by atoms with Crippen molar-refractivity contribution in [2.45, 2.75) is 19.4 Å². The van der Waals surface area contributed by atoms with Crippen LogP contribution in [0.5, 0.6) is 0 Å². The normalized spacial score (nSPS) is 24.2. The summed E-state index contributed by atoms with van der Waals surface area (Å²) < 4.78 is 0. The molecule has 3 heterocycles. The van der Waals surface area contributed by atoms with E-state index < -0.39 is 0 Å². The molecule has 0 radical (unpaired) electrons. The monoisotopic (exact) mass is 271 g/mol. The average Bonchev–Trinajstić information content (AvgIpc) is 2.91. The molecule has 4 nitrogen and oxygen atoms in total. The predicted molar refractivity (Wildman–Crippen MR) is 68.7 cm³/mol. The summed E-state index contributed by atoms with van der Waals surface area (Å²) in [4.78, 5) is 19.5. The van der Waals surface area contributed by atoms with E-state index in [9.17, 15) is 4.79 Å². The van der Waals surface area contributed by atoms with Gasteiger partial charge in [0, 0.05) is 43.2 Å². The van der Waals surface area contributed by atoms with Crippen LogP contribution in [0.4, 0.5) is 5.13 Å². The number of alkyl halides is 1. The summed E-state index contributed by atoms with van der Waals surface area (Å²) in [6.07, 6.45) is 1.53. The molecule has 0 saturated carbocycles. The molecule has 1 unspecified atom stereocenters. The minimum atomic E-state index is 0.162. The fraction of sp³-hybridized carbons (Fsp3) is 0.636. The molecule has 17 heavy (non-hydrogen) atoms. The van der Waals surface area contributed by atoms with Gasteiger partial charge in [-0.1, -0.05) is 11.3 Å². The summed E-state index contributed by atoms with van der Waals surface area (Å²) in [5.41, 5.74) is 1.16. The molecule has 1 fully saturated rings. The van der Waals surface area contributed by atoms with Crippen molar-refractivity contribution in [2.75, 3.05) is 23.9 Å². The van der Waals surface area contributed by atoms with Gasteiger partial charge in [-0.15, -0.1) is 11.6 Å². The number of amides is 1. The topological polar surface area (TPSA) is 45.2 Å². The van der Waals surface area contributed by atoms with Crippen molar-refractivity contribution in [1.29, 1.82) is 0 Å². The SMILES string of the molecule is O=C1CC(CCl)CN1c1nc2c(s1)CNCC2. The van der Waals surface area contributed by atoms with Gasteiger partial charge >= 0.3 is 0 Å². The van der Waals surface area contributed by atoms with Gasteiger partial charge in [0.1, 0.15) is 0 Å². The van der Waals surface area contributed by atoms with Crippen LogP contribution in [0.1, 0.15) is 17.0 Å². The van der Waals surface area contributed by atoms with Crippen LogP contribution in [0.2, 0.25) is 0 Å². The van der Waals surface area contributed by atoms with E-state index in [4.69, 9.17) is 11.6 Å². The molecule has 92 valence electrons. The van der Waals surface area contributed by atoms with Crippen molar-refractivity contribution < 1.29 is 4.79 Å². The lowest BCUT2D eigenvalue weighted by molar-refractivity contribution is -0.117. The Labute approximate surface area is 109 Å². The van der Waals surface area contributed by atoms with Crippen LogP contribution in [-0.2, 0) is 17.8 Å². The fourth-order valence-electron chi connectivity index (χ4n) is 2.30. The maximum atomic E-state index is 11.9. The fourth-order valence-corrected chi connectivity index (χ4v) is 3.61. The number of anilines is 1. The Kier molecular flexibility index (Phi) is 3.06. The van der Waals surface area contributed by atoms with E-state index in [1.54, 1.807) is 16.2 Å². The molecule has 0 aliphatic carbocycles. The van der Waals surface area contributed by atoms with Crippen LogP contribution in [0.25, 0.3) is 0 Å². The summed E-state index contributed by atoms with van der Waals surface area (Å²) in [5.74, 6) is 0.993. The van der Waals surface area contributed by atoms with Gasteiger partial charge in [0.15, 0.2) is 5.13 Å². The van der Waals surface area contributed by atoms with Crippen LogP contribution in [0, 0.1) is 5.92 Å². The van der Waals surface area contributed by atoms with Crippen molar-refractivity contribution >= 4 is 34.0 Å². The Morgan fingerprint density at radius 2 is 2.47 bits per heavy atom. The maximum absolute atomic E-state index is 11.9. The Balaban J connectivity index is 1.84. The van der Waals surface area contributed by atoms with Crippen molar-refractivity contribution in [3.63, 3.8) is 0 Å². The molecule has 2 aliphatic heterocycles. The minimum absolute atomic E-state index is 0.162. The molecule has 1 aromatic heterocycles. The molecule has 1 N–H and O–H groups in total. The first-order chi connectivity index (χ1) is 8.28. The third kappa shape index (κ3) is 2.07. The van der Waals surface area contributed by atoms with E-state index in [0.29, 0.717) is 12.3 Å². The molecule has 6 heteroatoms. The van der Waals surface area contributed by atoms with Crippen LogP contribution >= 0.6 is 22.9 Å². The number of hydrogen-bond acceptors (Lipinski definition) is 4. The molecule has 2 aliphatic rings. The Hall–Kier alpha value is -0.650. The Morgan fingerprint density at radius 3 is 3.18 bits per heavy atom. The molecule has 0 aromatic carbocycles. The van der Waals surface area contributed by atoms with Crippen molar-refractivity contribution in [3.05, 3.63) is 10.6 Å². The predicted octanol–water partition coefficient (Wildman–Crippen LogP) is 1.38. The number of hydrogen-bond donors (Lipinski definition) is 1. The average molecular weight is 272 g/mol. The lowest BCUT2D eigenvalue weighted by Gasteiger charge is -2.11. The second-order valence-corrected chi connectivity index (χ2v) is 5.89. The van der Waals surface area contributed by atoms with Gasteiger partial charge in [0.25, 0.3) is 0 Å². The molecule has 1 aromatic rings. The number of aromatic nitrogens is 1. The van der Waals surface area contributed by atoms with E-state index in [-0.39, 0.29) is 11.8 Å². The second-order valence-electron chi connectivity index (χ2n) is 4.52. The van der Waals surface area contributed by atoms with Crippen molar-refractivity contribution in [3.8, 4) is 0 Å². The largest absolute Gasteiger partial charge is 0.311 e. The number of halogens is 1. The number of nitrogens with one attached hydrogen (secondary N) is 1. The van der Waals surface area contributed by atoms with Gasteiger partial charge in [-0.25, -0.2) is 4.98 Å². The lowest BCUT2D eigenvalue weighted by atomic mass is 10.2. The second kappa shape index (κ2) is 4.55. The number of carbonyl (C=O) groups excluding carboxylic acids is 1. The third-order valence-electron chi connectivity index (χ3n) is 3.25. The molecule has 3 rings (SSSR count). The van der Waals surface area contributed by atoms with Gasteiger partial charge in [-0.05, 0) is 5.92 Å². The summed E-state index contributed by atoms with van der Waals surface area (Å²) in [6, 6.07) is 0. The van der Waals surface area contributed by atoms with E-state index in [1.165, 1.54) is 4.88 Å². The Morgan fingerprint density at radius 1 is 1.59 bits per heavy atom. The zero-order chi connectivity index (χ0) is 11.8. The minimum Gasteiger partial charge on any atom is -0.311 e. The zero-order valence-corrected chi connectivity index (χ0v) is 11.0. The zero-order valence-electron chi connectivity index (χ0n) is 9.41. The molecule has 1 atom stereocenters. The molecule has 0 spiro atoms. The van der Waals surface area contributed by atoms with Gasteiger partial charge in [0.05, 0.1) is 5.69 Å². The number of fused-ring (bicyclic) bond motifs is 1. The van der Waals surface area contributed by atoms with Crippen LogP contribution in [0.3, 0.4) is 0 Å². The first-order valence-electron chi connectivity index (χ1n) is 5.83. The lowest BCUT2D eigenvalue weighted by Crippen LogP contribution is -2.24. The summed E-state index contributed by atoms with van der Waals surface area (Å²) in [6.45, 7) is 2.59. The first kappa shape index (κ1) is 11.4. The van der Waals surface area contributed by atoms with Gasteiger partial charge in [-0.3, -0.25) is 9.69 Å². The molecular weight excluding hydrogens is 258 g/mol. The molecular formula is C11H14ClN3OS. The van der Waals surface area contributed by atoms with E-state index in [0.717, 1.165) is 36.9 Å². The number of carbonyl (C=O) groups is 1. The Bertz CT molecular complexity index is 424. The van der Waals surface area contributed by atoms with Crippen LogP contribution in [0.15, 0.2) is 0 Å². The van der Waals surface area contributed by atoms with E-state index in [2.05, 4.69) is 10.3 Å². The first-order valence-corrected chi connectivity index (χ1v) is 7.18. The highest BCUT2D eigenvalue weighted by atomic mass is 35.5. The molecule has 1 amide bonds. The highest BCUT2D eigenvalue weighted by Crippen LogP contribution is 2.32. The van der Waals surface area contributed by atoms with Gasteiger partial charge in [-0.2, -0.15) is 0 Å². The number of thiazole rings is 1. The quantitative estimate of drug-likeness (QED) is 0.827.